The fraction of sp³-hybridized carbons (Fsp3) is 0.350. The Morgan fingerprint density at radius 1 is 1.04 bits per heavy atom. The minimum Gasteiger partial charge on any atom is -0.374 e. The molecule has 27 heavy (non-hydrogen) atoms. The molecule has 2 atom stereocenters. The summed E-state index contributed by atoms with van der Waals surface area (Å²) in [5.74, 6) is 0.191. The lowest BCUT2D eigenvalue weighted by Crippen LogP contribution is -2.32. The van der Waals surface area contributed by atoms with Gasteiger partial charge in [-0.15, -0.1) is 0 Å². The summed E-state index contributed by atoms with van der Waals surface area (Å²) in [6.07, 6.45) is 2.08. The lowest BCUT2D eigenvalue weighted by atomic mass is 9.97. The van der Waals surface area contributed by atoms with E-state index in [1.165, 1.54) is 0 Å². The molecule has 0 saturated heterocycles. The molecule has 0 bridgehead atoms. The number of rotatable bonds is 8. The zero-order valence-electron chi connectivity index (χ0n) is 16.1. The van der Waals surface area contributed by atoms with Crippen molar-refractivity contribution < 1.29 is 13.2 Å². The fourth-order valence-electron chi connectivity index (χ4n) is 2.70. The number of anilines is 3. The molecule has 0 radical (unpaired) electrons. The third-order valence-electron chi connectivity index (χ3n) is 4.30. The molecule has 3 N–H and O–H groups in total. The van der Waals surface area contributed by atoms with Crippen molar-refractivity contribution in [3.8, 4) is 0 Å². The summed E-state index contributed by atoms with van der Waals surface area (Å²) in [7, 11) is -3.35. The Bertz CT molecular complexity index is 897. The number of amides is 1. The minimum absolute atomic E-state index is 0.160. The highest BCUT2D eigenvalue weighted by atomic mass is 32.2. The Morgan fingerprint density at radius 3 is 2.37 bits per heavy atom. The van der Waals surface area contributed by atoms with Crippen molar-refractivity contribution in [1.29, 1.82) is 0 Å². The molecular formula is C20H27N3O3S. The van der Waals surface area contributed by atoms with Gasteiger partial charge < -0.3 is 10.6 Å². The van der Waals surface area contributed by atoms with Crippen molar-refractivity contribution in [2.24, 2.45) is 0 Å². The molecule has 0 fully saturated rings. The largest absolute Gasteiger partial charge is 0.374 e. The monoisotopic (exact) mass is 389 g/mol. The molecule has 0 spiro atoms. The molecule has 146 valence electrons. The molecule has 0 aliphatic heterocycles. The Hall–Kier alpha value is -2.54. The molecular weight excluding hydrogens is 362 g/mol. The summed E-state index contributed by atoms with van der Waals surface area (Å²) >= 11 is 0. The molecule has 2 rings (SSSR count). The minimum atomic E-state index is -3.35. The number of carbonyl (C=O) groups is 1. The van der Waals surface area contributed by atoms with Gasteiger partial charge in [0, 0.05) is 11.4 Å². The average molecular weight is 390 g/mol. The number of hydrogen-bond donors (Lipinski definition) is 3. The number of nitrogens with one attached hydrogen (secondary N) is 3. The van der Waals surface area contributed by atoms with Crippen LogP contribution in [0.1, 0.15) is 38.7 Å². The molecule has 0 heterocycles. The van der Waals surface area contributed by atoms with Gasteiger partial charge in [0.1, 0.15) is 6.04 Å². The lowest BCUT2D eigenvalue weighted by Gasteiger charge is -2.19. The van der Waals surface area contributed by atoms with E-state index in [2.05, 4.69) is 29.2 Å². The Morgan fingerprint density at radius 2 is 1.70 bits per heavy atom. The Balaban J connectivity index is 2.08. The van der Waals surface area contributed by atoms with E-state index in [4.69, 9.17) is 0 Å². The first kappa shape index (κ1) is 20.8. The molecule has 6 nitrogen and oxygen atoms in total. The highest BCUT2D eigenvalue weighted by Crippen LogP contribution is 2.26. The van der Waals surface area contributed by atoms with Crippen molar-refractivity contribution in [3.05, 3.63) is 54.1 Å². The number of para-hydroxylation sites is 1. The van der Waals surface area contributed by atoms with Crippen molar-refractivity contribution in [2.75, 3.05) is 21.6 Å². The van der Waals surface area contributed by atoms with Gasteiger partial charge in [0.15, 0.2) is 0 Å². The number of sulfonamides is 1. The van der Waals surface area contributed by atoms with Crippen LogP contribution in [0, 0.1) is 0 Å². The van der Waals surface area contributed by atoms with Crippen LogP contribution in [0.15, 0.2) is 48.5 Å². The van der Waals surface area contributed by atoms with E-state index < -0.39 is 16.1 Å². The average Bonchev–Trinajstić information content (AvgIpc) is 2.60. The highest BCUT2D eigenvalue weighted by Gasteiger charge is 2.16. The van der Waals surface area contributed by atoms with E-state index >= 15 is 0 Å². The van der Waals surface area contributed by atoms with Crippen molar-refractivity contribution >= 4 is 33.0 Å². The maximum atomic E-state index is 12.6. The third-order valence-corrected chi connectivity index (χ3v) is 4.91. The molecule has 7 heteroatoms. The summed E-state index contributed by atoms with van der Waals surface area (Å²) in [5.41, 5.74) is 3.02. The van der Waals surface area contributed by atoms with Gasteiger partial charge in [-0.05, 0) is 49.1 Å². The summed E-state index contributed by atoms with van der Waals surface area (Å²) < 4.78 is 25.1. The molecule has 0 aromatic heterocycles. The maximum Gasteiger partial charge on any atom is 0.246 e. The second-order valence-corrected chi connectivity index (χ2v) is 8.46. The van der Waals surface area contributed by atoms with Gasteiger partial charge in [0.25, 0.3) is 0 Å². The topological polar surface area (TPSA) is 87.3 Å². The van der Waals surface area contributed by atoms with Crippen molar-refractivity contribution in [2.45, 2.75) is 39.2 Å². The van der Waals surface area contributed by atoms with Gasteiger partial charge in [-0.1, -0.05) is 38.1 Å². The van der Waals surface area contributed by atoms with E-state index in [0.29, 0.717) is 17.3 Å². The van der Waals surface area contributed by atoms with Gasteiger partial charge in [-0.2, -0.15) is 0 Å². The first-order chi connectivity index (χ1) is 12.7. The summed E-state index contributed by atoms with van der Waals surface area (Å²) in [6, 6.07) is 14.1. The third kappa shape index (κ3) is 6.29. The molecule has 2 aromatic carbocycles. The SMILES string of the molecule is CC[C@H](C)c1ccccc1NC(=O)[C@H](C)Nc1cccc(NS(C)(=O)=O)c1. The molecule has 0 unspecified atom stereocenters. The fourth-order valence-corrected chi connectivity index (χ4v) is 3.26. The predicted molar refractivity (Wildman–Crippen MR) is 112 cm³/mol. The van der Waals surface area contributed by atoms with Crippen LogP contribution in [-0.2, 0) is 14.8 Å². The van der Waals surface area contributed by atoms with E-state index in [0.717, 1.165) is 23.9 Å². The van der Waals surface area contributed by atoms with Gasteiger partial charge >= 0.3 is 0 Å². The zero-order chi connectivity index (χ0) is 20.0. The Kier molecular flexibility index (Phi) is 6.85. The van der Waals surface area contributed by atoms with E-state index in [1.807, 2.05) is 24.3 Å². The number of carbonyl (C=O) groups excluding carboxylic acids is 1. The quantitative estimate of drug-likeness (QED) is 0.636. The van der Waals surface area contributed by atoms with Crippen LogP contribution in [0.3, 0.4) is 0 Å². The van der Waals surface area contributed by atoms with Crippen LogP contribution in [0.2, 0.25) is 0 Å². The molecule has 2 aromatic rings. The van der Waals surface area contributed by atoms with Crippen molar-refractivity contribution in [3.63, 3.8) is 0 Å². The van der Waals surface area contributed by atoms with Crippen LogP contribution < -0.4 is 15.4 Å². The molecule has 0 aliphatic carbocycles. The van der Waals surface area contributed by atoms with Gasteiger partial charge in [-0.3, -0.25) is 9.52 Å². The van der Waals surface area contributed by atoms with Crippen molar-refractivity contribution in [1.82, 2.24) is 0 Å². The first-order valence-electron chi connectivity index (χ1n) is 8.93. The van der Waals surface area contributed by atoms with Crippen LogP contribution in [-0.4, -0.2) is 26.6 Å². The Labute approximate surface area is 161 Å². The van der Waals surface area contributed by atoms with Gasteiger partial charge in [0.2, 0.25) is 15.9 Å². The van der Waals surface area contributed by atoms with E-state index in [1.54, 1.807) is 31.2 Å². The van der Waals surface area contributed by atoms with E-state index in [9.17, 15) is 13.2 Å². The number of hydrogen-bond acceptors (Lipinski definition) is 4. The first-order valence-corrected chi connectivity index (χ1v) is 10.8. The summed E-state index contributed by atoms with van der Waals surface area (Å²) in [6.45, 7) is 6.01. The standard InChI is InChI=1S/C20H27N3O3S/c1-5-14(2)18-11-6-7-12-19(18)22-20(24)15(3)21-16-9-8-10-17(13-16)23-27(4,25)26/h6-15,21,23H,5H2,1-4H3,(H,22,24)/t14-,15-/m0/s1. The van der Waals surface area contributed by atoms with Crippen LogP contribution in [0.4, 0.5) is 17.1 Å². The van der Waals surface area contributed by atoms with Crippen LogP contribution in [0.5, 0.6) is 0 Å². The van der Waals surface area contributed by atoms with Crippen LogP contribution >= 0.6 is 0 Å². The second-order valence-electron chi connectivity index (χ2n) is 6.71. The zero-order valence-corrected chi connectivity index (χ0v) is 16.9. The highest BCUT2D eigenvalue weighted by molar-refractivity contribution is 7.92. The maximum absolute atomic E-state index is 12.6. The van der Waals surface area contributed by atoms with Gasteiger partial charge in [-0.25, -0.2) is 8.42 Å². The molecule has 1 amide bonds. The second kappa shape index (κ2) is 8.90. The summed E-state index contributed by atoms with van der Waals surface area (Å²) in [4.78, 5) is 12.6. The number of benzene rings is 2. The summed E-state index contributed by atoms with van der Waals surface area (Å²) in [5, 5.41) is 6.09. The van der Waals surface area contributed by atoms with E-state index in [-0.39, 0.29) is 5.91 Å². The predicted octanol–water partition coefficient (Wildman–Crippen LogP) is 4.01. The smallest absolute Gasteiger partial charge is 0.246 e. The van der Waals surface area contributed by atoms with Crippen LogP contribution in [0.25, 0.3) is 0 Å². The lowest BCUT2D eigenvalue weighted by molar-refractivity contribution is -0.116. The normalized spacial score (nSPS) is 13.5. The molecule has 0 aliphatic rings. The molecule has 0 saturated carbocycles. The van der Waals surface area contributed by atoms with Gasteiger partial charge in [0.05, 0.1) is 11.9 Å².